The van der Waals surface area contributed by atoms with Gasteiger partial charge in [-0.15, -0.1) is 0 Å². The highest BCUT2D eigenvalue weighted by Gasteiger charge is 2.38. The number of nitrogens with one attached hydrogen (secondary N) is 2. The van der Waals surface area contributed by atoms with Crippen LogP contribution in [0.15, 0.2) is 0 Å². The quantitative estimate of drug-likeness (QED) is 0.302. The number of hydrazine groups is 1. The van der Waals surface area contributed by atoms with Gasteiger partial charge in [0.05, 0.1) is 0 Å². The van der Waals surface area contributed by atoms with E-state index in [1.54, 1.807) is 0 Å². The number of rotatable bonds is 4. The van der Waals surface area contributed by atoms with Gasteiger partial charge < -0.3 is 5.32 Å². The molecule has 0 radical (unpaired) electrons. The maximum Gasteiger partial charge on any atom is 0.235 e. The van der Waals surface area contributed by atoms with Gasteiger partial charge in [0, 0.05) is 18.9 Å². The van der Waals surface area contributed by atoms with E-state index in [4.69, 9.17) is 5.84 Å². The molecule has 5 nitrogen and oxygen atoms in total. The first-order chi connectivity index (χ1) is 6.15. The molecule has 1 fully saturated rings. The number of amides is 2. The van der Waals surface area contributed by atoms with Gasteiger partial charge in [-0.3, -0.25) is 15.0 Å². The molecule has 2 unspecified atom stereocenters. The molecule has 0 aromatic rings. The summed E-state index contributed by atoms with van der Waals surface area (Å²) in [4.78, 5) is 21.9. The van der Waals surface area contributed by atoms with Crippen molar-refractivity contribution in [3.05, 3.63) is 0 Å². The van der Waals surface area contributed by atoms with E-state index in [9.17, 15) is 9.59 Å². The zero-order valence-electron chi connectivity index (χ0n) is 7.67. The van der Waals surface area contributed by atoms with Crippen LogP contribution in [0.4, 0.5) is 0 Å². The van der Waals surface area contributed by atoms with Crippen molar-refractivity contribution in [1.29, 1.82) is 0 Å². The van der Waals surface area contributed by atoms with E-state index in [1.165, 1.54) is 0 Å². The maximum absolute atomic E-state index is 11.2. The van der Waals surface area contributed by atoms with Crippen molar-refractivity contribution in [2.75, 3.05) is 6.54 Å². The van der Waals surface area contributed by atoms with Gasteiger partial charge >= 0.3 is 0 Å². The Morgan fingerprint density at radius 3 is 2.62 bits per heavy atom. The zero-order chi connectivity index (χ0) is 9.84. The van der Waals surface area contributed by atoms with Crippen LogP contribution in [0.5, 0.6) is 0 Å². The average Bonchev–Trinajstić information content (AvgIpc) is 2.82. The monoisotopic (exact) mass is 185 g/mol. The van der Waals surface area contributed by atoms with Crippen LogP contribution < -0.4 is 16.6 Å². The molecule has 1 saturated carbocycles. The molecule has 1 aliphatic carbocycles. The highest BCUT2D eigenvalue weighted by atomic mass is 16.2. The summed E-state index contributed by atoms with van der Waals surface area (Å²) < 4.78 is 0. The molecule has 74 valence electrons. The molecule has 2 atom stereocenters. The van der Waals surface area contributed by atoms with Crippen molar-refractivity contribution in [2.45, 2.75) is 19.8 Å². The first-order valence-electron chi connectivity index (χ1n) is 4.42. The van der Waals surface area contributed by atoms with Crippen molar-refractivity contribution in [3.63, 3.8) is 0 Å². The van der Waals surface area contributed by atoms with Gasteiger partial charge in [0.25, 0.3) is 0 Å². The molecule has 0 saturated heterocycles. The molecule has 0 spiro atoms. The van der Waals surface area contributed by atoms with Crippen molar-refractivity contribution >= 4 is 11.8 Å². The van der Waals surface area contributed by atoms with Crippen LogP contribution in [-0.4, -0.2) is 18.4 Å². The van der Waals surface area contributed by atoms with Gasteiger partial charge in [0.1, 0.15) is 0 Å². The Labute approximate surface area is 77.0 Å². The number of carbonyl (C=O) groups is 2. The van der Waals surface area contributed by atoms with Crippen molar-refractivity contribution in [1.82, 2.24) is 10.7 Å². The van der Waals surface area contributed by atoms with Gasteiger partial charge in [-0.25, -0.2) is 5.84 Å². The Bertz CT molecular complexity index is 217. The van der Waals surface area contributed by atoms with Gasteiger partial charge in [0.2, 0.25) is 11.8 Å². The molecule has 0 heterocycles. The molecule has 2 amide bonds. The van der Waals surface area contributed by atoms with Crippen LogP contribution >= 0.6 is 0 Å². The molecular formula is C8H15N3O2. The fourth-order valence-electron chi connectivity index (χ4n) is 1.19. The van der Waals surface area contributed by atoms with Crippen molar-refractivity contribution in [2.24, 2.45) is 17.7 Å². The summed E-state index contributed by atoms with van der Waals surface area (Å²) in [6, 6.07) is 0. The largest absolute Gasteiger partial charge is 0.355 e. The minimum absolute atomic E-state index is 0.0531. The third-order valence-electron chi connectivity index (χ3n) is 2.26. The second-order valence-electron chi connectivity index (χ2n) is 3.43. The summed E-state index contributed by atoms with van der Waals surface area (Å²) in [6.07, 6.45) is 1.21. The van der Waals surface area contributed by atoms with Gasteiger partial charge in [-0.2, -0.15) is 0 Å². The Morgan fingerprint density at radius 1 is 1.54 bits per heavy atom. The Kier molecular flexibility index (Phi) is 3.25. The summed E-state index contributed by atoms with van der Waals surface area (Å²) in [5.74, 6) is 5.33. The van der Waals surface area contributed by atoms with Crippen LogP contribution in [0, 0.1) is 11.8 Å². The lowest BCUT2D eigenvalue weighted by Crippen LogP contribution is -2.34. The highest BCUT2D eigenvalue weighted by Crippen LogP contribution is 2.37. The average molecular weight is 185 g/mol. The highest BCUT2D eigenvalue weighted by molar-refractivity contribution is 5.82. The van der Waals surface area contributed by atoms with E-state index < -0.39 is 0 Å². The van der Waals surface area contributed by atoms with Crippen molar-refractivity contribution in [3.8, 4) is 0 Å². The fraction of sp³-hybridized carbons (Fsp3) is 0.750. The van der Waals surface area contributed by atoms with E-state index >= 15 is 0 Å². The van der Waals surface area contributed by atoms with Crippen LogP contribution in [0.3, 0.4) is 0 Å². The summed E-state index contributed by atoms with van der Waals surface area (Å²) in [6.45, 7) is 2.40. The van der Waals surface area contributed by atoms with Crippen LogP contribution in [0.1, 0.15) is 19.8 Å². The molecule has 4 N–H and O–H groups in total. The Balaban J connectivity index is 2.06. The number of carbonyl (C=O) groups excluding carboxylic acids is 2. The molecule has 0 aliphatic heterocycles. The SMILES string of the molecule is CC1CC1C(=O)NCCC(=O)NN. The van der Waals surface area contributed by atoms with Crippen LogP contribution in [-0.2, 0) is 9.59 Å². The topological polar surface area (TPSA) is 84.2 Å². The molecule has 5 heteroatoms. The molecule has 0 aromatic heterocycles. The third kappa shape index (κ3) is 3.02. The smallest absolute Gasteiger partial charge is 0.235 e. The molecule has 0 aromatic carbocycles. The lowest BCUT2D eigenvalue weighted by atomic mass is 10.3. The van der Waals surface area contributed by atoms with E-state index in [1.807, 2.05) is 12.3 Å². The number of hydrogen-bond donors (Lipinski definition) is 3. The molecule has 0 bridgehead atoms. The van der Waals surface area contributed by atoms with E-state index in [-0.39, 0.29) is 24.2 Å². The normalized spacial score (nSPS) is 25.1. The first-order valence-corrected chi connectivity index (χ1v) is 4.42. The fourth-order valence-corrected chi connectivity index (χ4v) is 1.19. The predicted octanol–water partition coefficient (Wildman–Crippen LogP) is -0.861. The number of hydrogen-bond acceptors (Lipinski definition) is 3. The molecule has 13 heavy (non-hydrogen) atoms. The van der Waals surface area contributed by atoms with E-state index in [2.05, 4.69) is 5.32 Å². The second kappa shape index (κ2) is 4.23. The second-order valence-corrected chi connectivity index (χ2v) is 3.43. The Morgan fingerprint density at radius 2 is 2.15 bits per heavy atom. The van der Waals surface area contributed by atoms with Gasteiger partial charge in [-0.05, 0) is 12.3 Å². The van der Waals surface area contributed by atoms with Crippen LogP contribution in [0.2, 0.25) is 0 Å². The number of nitrogens with two attached hydrogens (primary N) is 1. The third-order valence-corrected chi connectivity index (χ3v) is 2.26. The zero-order valence-corrected chi connectivity index (χ0v) is 7.67. The summed E-state index contributed by atoms with van der Waals surface area (Å²) >= 11 is 0. The molecule has 1 aliphatic rings. The summed E-state index contributed by atoms with van der Waals surface area (Å²) in [5.41, 5.74) is 2.00. The minimum atomic E-state index is -0.260. The van der Waals surface area contributed by atoms with Gasteiger partial charge in [0.15, 0.2) is 0 Å². The van der Waals surface area contributed by atoms with Crippen molar-refractivity contribution < 1.29 is 9.59 Å². The minimum Gasteiger partial charge on any atom is -0.355 e. The molecule has 1 rings (SSSR count). The lowest BCUT2D eigenvalue weighted by molar-refractivity contribution is -0.123. The lowest BCUT2D eigenvalue weighted by Gasteiger charge is -2.02. The first kappa shape index (κ1) is 9.98. The van der Waals surface area contributed by atoms with Gasteiger partial charge in [-0.1, -0.05) is 6.92 Å². The standard InChI is InChI=1S/C8H15N3O2/c1-5-4-6(5)8(13)10-3-2-7(12)11-9/h5-6H,2-4,9H2,1H3,(H,10,13)(H,11,12). The van der Waals surface area contributed by atoms with E-state index in [0.29, 0.717) is 12.5 Å². The summed E-state index contributed by atoms with van der Waals surface area (Å²) in [5, 5.41) is 2.68. The predicted molar refractivity (Wildman–Crippen MR) is 47.2 cm³/mol. The molecular weight excluding hydrogens is 170 g/mol. The van der Waals surface area contributed by atoms with Crippen LogP contribution in [0.25, 0.3) is 0 Å². The van der Waals surface area contributed by atoms with E-state index in [0.717, 1.165) is 6.42 Å². The Hall–Kier alpha value is -1.10. The maximum atomic E-state index is 11.2. The summed E-state index contributed by atoms with van der Waals surface area (Å²) in [7, 11) is 0.